The molecule has 0 aliphatic rings. The van der Waals surface area contributed by atoms with Crippen LogP contribution in [0.3, 0.4) is 0 Å². The summed E-state index contributed by atoms with van der Waals surface area (Å²) >= 11 is 0. The van der Waals surface area contributed by atoms with E-state index in [4.69, 9.17) is 33.5 Å². The van der Waals surface area contributed by atoms with Gasteiger partial charge in [0.1, 0.15) is 43.2 Å². The minimum absolute atomic E-state index is 0.106. The zero-order chi connectivity index (χ0) is 40.9. The molecular weight excluding hydrogens is 687 g/mol. The molecule has 0 aliphatic carbocycles. The van der Waals surface area contributed by atoms with Crippen molar-refractivity contribution in [3.05, 3.63) is 0 Å². The molecule has 0 spiro atoms. The van der Waals surface area contributed by atoms with Gasteiger partial charge in [-0.2, -0.15) is 0 Å². The summed E-state index contributed by atoms with van der Waals surface area (Å²) in [5.41, 5.74) is -4.84. The molecule has 15 heteroatoms. The monoisotopic (exact) mass is 752 g/mol. The van der Waals surface area contributed by atoms with Gasteiger partial charge in [-0.1, -0.05) is 13.8 Å². The lowest BCUT2D eigenvalue weighted by molar-refractivity contribution is -0.172. The van der Waals surface area contributed by atoms with Crippen molar-refractivity contribution >= 4 is 43.2 Å². The van der Waals surface area contributed by atoms with Crippen LogP contribution in [0.15, 0.2) is 0 Å². The number of esters is 5. The molecule has 0 aromatic heterocycles. The van der Waals surface area contributed by atoms with Gasteiger partial charge in [0.15, 0.2) is 0 Å². The number of rotatable bonds is 18. The van der Waals surface area contributed by atoms with Crippen molar-refractivity contribution in [2.45, 2.75) is 147 Å². The zero-order valence-corrected chi connectivity index (χ0v) is 34.5. The summed E-state index contributed by atoms with van der Waals surface area (Å²) in [6.07, 6.45) is 0.545. The highest BCUT2D eigenvalue weighted by atomic mass is 31.2. The Hall–Kier alpha value is -2.83. The average Bonchev–Trinajstić information content (AvgIpc) is 2.92. The summed E-state index contributed by atoms with van der Waals surface area (Å²) in [4.78, 5) is 89.4. The van der Waals surface area contributed by atoms with Gasteiger partial charge in [0.2, 0.25) is 0 Å². The quantitative estimate of drug-likeness (QED) is 0.0533. The van der Waals surface area contributed by atoms with Gasteiger partial charge in [-0.25, -0.2) is 0 Å². The van der Waals surface area contributed by atoms with Gasteiger partial charge in [-0.15, -0.1) is 0 Å². The topological polar surface area (TPSA) is 206 Å². The van der Waals surface area contributed by atoms with Crippen molar-refractivity contribution in [1.82, 2.24) is 0 Å². The van der Waals surface area contributed by atoms with Crippen molar-refractivity contribution in [3.63, 3.8) is 0 Å². The number of carbonyl (C=O) groups is 6. The van der Waals surface area contributed by atoms with E-state index < -0.39 is 70.5 Å². The maximum absolute atomic E-state index is 12.5. The highest BCUT2D eigenvalue weighted by molar-refractivity contribution is 7.51. The van der Waals surface area contributed by atoms with Crippen LogP contribution in [-0.2, 0) is 57.0 Å². The Morgan fingerprint density at radius 1 is 0.549 bits per heavy atom. The Morgan fingerprint density at radius 3 is 1.18 bits per heavy atom. The number of hydrogen-bond acceptors (Lipinski definition) is 12. The van der Waals surface area contributed by atoms with Crippen molar-refractivity contribution in [1.29, 1.82) is 0 Å². The first-order chi connectivity index (χ1) is 22.7. The molecular formula is C36H65O14P. The zero-order valence-electron chi connectivity index (χ0n) is 33.6. The second-order valence-electron chi connectivity index (χ2n) is 16.7. The van der Waals surface area contributed by atoms with E-state index >= 15 is 0 Å². The molecule has 2 unspecified atom stereocenters. The molecule has 2 N–H and O–H groups in total. The van der Waals surface area contributed by atoms with E-state index in [9.17, 15) is 33.3 Å². The predicted octanol–water partition coefficient (Wildman–Crippen LogP) is 6.11. The lowest BCUT2D eigenvalue weighted by atomic mass is 9.72. The largest absolute Gasteiger partial charge is 0.465 e. The van der Waals surface area contributed by atoms with Crippen LogP contribution in [0.1, 0.15) is 136 Å². The van der Waals surface area contributed by atoms with Crippen LogP contribution in [0, 0.1) is 21.7 Å². The molecule has 14 nitrogen and oxygen atoms in total. The minimum Gasteiger partial charge on any atom is -0.465 e. The molecule has 298 valence electrons. The number of hydrogen-bond donors (Lipinski definition) is 2. The van der Waals surface area contributed by atoms with Crippen molar-refractivity contribution in [3.8, 4) is 0 Å². The minimum atomic E-state index is -4.21. The molecule has 0 rings (SSSR count). The second-order valence-corrected chi connectivity index (χ2v) is 18.5. The van der Waals surface area contributed by atoms with E-state index in [2.05, 4.69) is 0 Å². The molecule has 0 heterocycles. The van der Waals surface area contributed by atoms with E-state index in [1.807, 2.05) is 6.92 Å². The Balaban J connectivity index is 0. The summed E-state index contributed by atoms with van der Waals surface area (Å²) in [6, 6.07) is 0. The van der Waals surface area contributed by atoms with Crippen molar-refractivity contribution < 1.29 is 66.8 Å². The van der Waals surface area contributed by atoms with Crippen LogP contribution in [-0.4, -0.2) is 82.6 Å². The van der Waals surface area contributed by atoms with Crippen LogP contribution >= 0.6 is 7.60 Å². The molecule has 51 heavy (non-hydrogen) atoms. The van der Waals surface area contributed by atoms with Crippen LogP contribution < -0.4 is 0 Å². The first-order valence-electron chi connectivity index (χ1n) is 17.2. The standard InChI is InChI=1S/C20H34O7.C16H31O7P/c1-9-20(8,13-19(6,7)16(23)27-18(3,4)5)17(24)26-11-10-25-15(22)12-14(2)21;1-8-16(7,13(18)22-9-10-24(19,20)21)11-15(5,6)12(17)23-14(2,3)4/h9-13H2,1-8H3;8-11H2,1-7H3,(H2,19,20,21). The van der Waals surface area contributed by atoms with Crippen LogP contribution in [0.25, 0.3) is 0 Å². The van der Waals surface area contributed by atoms with Gasteiger partial charge in [-0.05, 0) is 116 Å². The molecule has 0 radical (unpaired) electrons. The smallest absolute Gasteiger partial charge is 0.328 e. The lowest BCUT2D eigenvalue weighted by Crippen LogP contribution is -2.41. The lowest BCUT2D eigenvalue weighted by Gasteiger charge is -2.35. The maximum atomic E-state index is 12.5. The molecule has 0 saturated carbocycles. The molecule has 2 atom stereocenters. The molecule has 0 saturated heterocycles. The summed E-state index contributed by atoms with van der Waals surface area (Å²) in [5, 5.41) is 0. The SMILES string of the molecule is CCC(C)(CC(C)(C)C(=O)OC(C)(C)C)C(=O)OCCOC(=O)CC(C)=O.CCC(C)(CC(C)(C)C(=O)OC(C)(C)C)C(=O)OCCP(=O)(O)O. The molecule has 0 bridgehead atoms. The molecule has 0 aliphatic heterocycles. The Labute approximate surface area is 304 Å². The number of ketones is 1. The van der Waals surface area contributed by atoms with Gasteiger partial charge in [0.05, 0.1) is 27.8 Å². The third kappa shape index (κ3) is 21.3. The molecule has 0 aromatic rings. The third-order valence-corrected chi connectivity index (χ3v) is 8.47. The fourth-order valence-electron chi connectivity index (χ4n) is 4.76. The number of Topliss-reactive ketones (excluding diaryl/α,β-unsaturated/α-hetero) is 1. The molecule has 0 fully saturated rings. The summed E-state index contributed by atoms with van der Waals surface area (Å²) in [7, 11) is -4.21. The first kappa shape index (κ1) is 50.3. The van der Waals surface area contributed by atoms with Gasteiger partial charge in [-0.3, -0.25) is 33.3 Å². The third-order valence-electron chi connectivity index (χ3n) is 7.70. The fraction of sp³-hybridized carbons (Fsp3) is 0.833. The van der Waals surface area contributed by atoms with Crippen LogP contribution in [0.2, 0.25) is 0 Å². The summed E-state index contributed by atoms with van der Waals surface area (Å²) in [5.74, 6) is -2.76. The highest BCUT2D eigenvalue weighted by Gasteiger charge is 2.45. The van der Waals surface area contributed by atoms with Gasteiger partial charge >= 0.3 is 37.4 Å². The predicted molar refractivity (Wildman–Crippen MR) is 190 cm³/mol. The van der Waals surface area contributed by atoms with Gasteiger partial charge in [0, 0.05) is 0 Å². The van der Waals surface area contributed by atoms with Crippen LogP contribution in [0.5, 0.6) is 0 Å². The number of ether oxygens (including phenoxy) is 5. The number of carbonyl (C=O) groups excluding carboxylic acids is 6. The Bertz CT molecular complexity index is 1250. The van der Waals surface area contributed by atoms with E-state index in [1.165, 1.54) is 6.92 Å². The van der Waals surface area contributed by atoms with E-state index in [-0.39, 0.29) is 50.8 Å². The van der Waals surface area contributed by atoms with E-state index in [0.717, 1.165) is 0 Å². The molecule has 0 amide bonds. The maximum Gasteiger partial charge on any atom is 0.328 e. The first-order valence-corrected chi connectivity index (χ1v) is 19.0. The van der Waals surface area contributed by atoms with Gasteiger partial charge < -0.3 is 33.5 Å². The highest BCUT2D eigenvalue weighted by Crippen LogP contribution is 2.41. The summed E-state index contributed by atoms with van der Waals surface area (Å²) < 4.78 is 36.8. The fourth-order valence-corrected chi connectivity index (χ4v) is 5.09. The average molecular weight is 753 g/mol. The summed E-state index contributed by atoms with van der Waals surface area (Å²) in [6.45, 7) is 25.4. The second kappa shape index (κ2) is 19.9. The Morgan fingerprint density at radius 2 is 0.882 bits per heavy atom. The van der Waals surface area contributed by atoms with E-state index in [0.29, 0.717) is 12.8 Å². The van der Waals surface area contributed by atoms with Crippen molar-refractivity contribution in [2.75, 3.05) is 26.0 Å². The molecule has 0 aromatic carbocycles. The van der Waals surface area contributed by atoms with E-state index in [1.54, 1.807) is 90.0 Å². The van der Waals surface area contributed by atoms with Crippen molar-refractivity contribution in [2.24, 2.45) is 21.7 Å². The normalized spacial score (nSPS) is 14.8. The Kier molecular flexibility index (Phi) is 19.6. The van der Waals surface area contributed by atoms with Gasteiger partial charge in [0.25, 0.3) is 0 Å². The van der Waals surface area contributed by atoms with Crippen LogP contribution in [0.4, 0.5) is 0 Å².